The topological polar surface area (TPSA) is 105 Å². The zero-order chi connectivity index (χ0) is 23.0. The number of carbonyl (C=O) groups excluding carboxylic acids is 2. The molecule has 2 aromatic carbocycles. The lowest BCUT2D eigenvalue weighted by atomic mass is 10.1. The average molecular weight is 456 g/mol. The van der Waals surface area contributed by atoms with Gasteiger partial charge in [0.15, 0.2) is 6.61 Å². The van der Waals surface area contributed by atoms with E-state index in [1.165, 1.54) is 43.5 Å². The number of nitrogens with one attached hydrogen (secondary N) is 2. The highest BCUT2D eigenvalue weighted by molar-refractivity contribution is 7.89. The summed E-state index contributed by atoms with van der Waals surface area (Å²) in [6.45, 7) is 1.39. The number of amides is 1. The van der Waals surface area contributed by atoms with Crippen molar-refractivity contribution in [3.8, 4) is 12.3 Å². The molecule has 8 nitrogen and oxygen atoms in total. The zero-order valence-corrected chi connectivity index (χ0v) is 18.4. The number of benzene rings is 2. The van der Waals surface area contributed by atoms with E-state index < -0.39 is 28.5 Å². The summed E-state index contributed by atoms with van der Waals surface area (Å²) >= 11 is 0. The second kappa shape index (κ2) is 10.8. The minimum Gasteiger partial charge on any atom is -0.452 e. The van der Waals surface area contributed by atoms with Gasteiger partial charge in [-0.1, -0.05) is 12.0 Å². The van der Waals surface area contributed by atoms with E-state index in [0.717, 1.165) is 18.8 Å². The van der Waals surface area contributed by atoms with E-state index >= 15 is 0 Å². The Labute approximate surface area is 188 Å². The van der Waals surface area contributed by atoms with E-state index in [1.54, 1.807) is 12.1 Å². The number of rotatable bonds is 8. The number of hydrogen-bond acceptors (Lipinski definition) is 6. The van der Waals surface area contributed by atoms with Gasteiger partial charge in [0.1, 0.15) is 0 Å². The molecule has 2 N–H and O–H groups in total. The SMILES string of the molecule is C#CCNS(=O)(=O)c1cccc(C(=O)OCC(=O)Nc2ccc(N3CCCCC3)cc2)c1. The van der Waals surface area contributed by atoms with Crippen molar-refractivity contribution in [2.24, 2.45) is 0 Å². The normalized spacial score (nSPS) is 13.8. The van der Waals surface area contributed by atoms with E-state index in [-0.39, 0.29) is 17.0 Å². The van der Waals surface area contributed by atoms with Crippen LogP contribution in [0, 0.1) is 12.3 Å². The molecule has 0 radical (unpaired) electrons. The lowest BCUT2D eigenvalue weighted by Crippen LogP contribution is -2.29. The highest BCUT2D eigenvalue weighted by atomic mass is 32.2. The lowest BCUT2D eigenvalue weighted by Gasteiger charge is -2.28. The number of hydrogen-bond donors (Lipinski definition) is 2. The first-order chi connectivity index (χ1) is 15.4. The van der Waals surface area contributed by atoms with Gasteiger partial charge in [-0.05, 0) is 61.7 Å². The van der Waals surface area contributed by atoms with E-state index in [0.29, 0.717) is 5.69 Å². The maximum Gasteiger partial charge on any atom is 0.338 e. The second-order valence-electron chi connectivity index (χ2n) is 7.28. The summed E-state index contributed by atoms with van der Waals surface area (Å²) in [5.41, 5.74) is 1.72. The maximum absolute atomic E-state index is 12.3. The largest absolute Gasteiger partial charge is 0.452 e. The Morgan fingerprint density at radius 3 is 2.47 bits per heavy atom. The van der Waals surface area contributed by atoms with Crippen LogP contribution in [0.5, 0.6) is 0 Å². The van der Waals surface area contributed by atoms with Crippen molar-refractivity contribution in [2.45, 2.75) is 24.2 Å². The van der Waals surface area contributed by atoms with Crippen molar-refractivity contribution in [3.05, 3.63) is 54.1 Å². The molecule has 0 unspecified atom stereocenters. The summed E-state index contributed by atoms with van der Waals surface area (Å²) < 4.78 is 31.5. The highest BCUT2D eigenvalue weighted by Gasteiger charge is 2.17. The Morgan fingerprint density at radius 1 is 1.06 bits per heavy atom. The van der Waals surface area contributed by atoms with Gasteiger partial charge in [0, 0.05) is 24.5 Å². The van der Waals surface area contributed by atoms with Gasteiger partial charge in [0.2, 0.25) is 10.0 Å². The molecule has 0 bridgehead atoms. The molecule has 1 aliphatic heterocycles. The molecule has 3 rings (SSSR count). The molecule has 32 heavy (non-hydrogen) atoms. The van der Waals surface area contributed by atoms with Crippen LogP contribution in [-0.2, 0) is 19.6 Å². The third-order valence-electron chi connectivity index (χ3n) is 4.95. The Balaban J connectivity index is 1.53. The Kier molecular flexibility index (Phi) is 7.87. The zero-order valence-electron chi connectivity index (χ0n) is 17.5. The first-order valence-corrected chi connectivity index (χ1v) is 11.7. The Bertz CT molecular complexity index is 1100. The second-order valence-corrected chi connectivity index (χ2v) is 9.04. The molecule has 1 fully saturated rings. The monoisotopic (exact) mass is 455 g/mol. The van der Waals surface area contributed by atoms with Gasteiger partial charge >= 0.3 is 5.97 Å². The van der Waals surface area contributed by atoms with Crippen LogP contribution in [0.3, 0.4) is 0 Å². The van der Waals surface area contributed by atoms with Crippen LogP contribution in [0.25, 0.3) is 0 Å². The molecule has 1 heterocycles. The summed E-state index contributed by atoms with van der Waals surface area (Å²) in [6.07, 6.45) is 8.68. The molecule has 0 atom stereocenters. The molecular weight excluding hydrogens is 430 g/mol. The van der Waals surface area contributed by atoms with Gasteiger partial charge in [-0.2, -0.15) is 4.72 Å². The molecule has 0 spiro atoms. The van der Waals surface area contributed by atoms with Crippen molar-refractivity contribution >= 4 is 33.3 Å². The van der Waals surface area contributed by atoms with Crippen LogP contribution in [0.15, 0.2) is 53.4 Å². The molecule has 0 saturated carbocycles. The Morgan fingerprint density at radius 2 is 1.78 bits per heavy atom. The van der Waals surface area contributed by atoms with Gasteiger partial charge in [0.05, 0.1) is 17.0 Å². The predicted molar refractivity (Wildman–Crippen MR) is 122 cm³/mol. The van der Waals surface area contributed by atoms with E-state index in [1.807, 2.05) is 12.1 Å². The molecule has 0 aromatic heterocycles. The Hall–Kier alpha value is -3.35. The summed E-state index contributed by atoms with van der Waals surface area (Å²) in [5.74, 6) is 0.867. The number of sulfonamides is 1. The summed E-state index contributed by atoms with van der Waals surface area (Å²) in [6, 6.07) is 12.8. The van der Waals surface area contributed by atoms with Gasteiger partial charge in [-0.25, -0.2) is 13.2 Å². The molecule has 1 amide bonds. The quantitative estimate of drug-likeness (QED) is 0.468. The average Bonchev–Trinajstić information content (AvgIpc) is 2.82. The van der Waals surface area contributed by atoms with Crippen molar-refractivity contribution in [1.82, 2.24) is 4.72 Å². The van der Waals surface area contributed by atoms with Crippen LogP contribution in [0.1, 0.15) is 29.6 Å². The number of piperidine rings is 1. The van der Waals surface area contributed by atoms with Crippen LogP contribution < -0.4 is 14.9 Å². The summed E-state index contributed by atoms with van der Waals surface area (Å²) in [7, 11) is -3.85. The molecule has 1 saturated heterocycles. The van der Waals surface area contributed by atoms with Gasteiger partial charge < -0.3 is 15.0 Å². The third-order valence-corrected chi connectivity index (χ3v) is 6.35. The number of esters is 1. The highest BCUT2D eigenvalue weighted by Crippen LogP contribution is 2.21. The third kappa shape index (κ3) is 6.33. The van der Waals surface area contributed by atoms with Gasteiger partial charge in [-0.15, -0.1) is 6.42 Å². The van der Waals surface area contributed by atoms with Crippen molar-refractivity contribution < 1.29 is 22.7 Å². The van der Waals surface area contributed by atoms with Crippen LogP contribution in [-0.4, -0.2) is 46.5 Å². The standard InChI is InChI=1S/C23H25N3O5S/c1-2-13-24-32(29,30)21-8-6-7-18(16-21)23(28)31-17-22(27)25-19-9-11-20(12-10-19)26-14-4-3-5-15-26/h1,6-12,16,24H,3-5,13-15,17H2,(H,25,27). The van der Waals surface area contributed by atoms with E-state index in [2.05, 4.69) is 20.9 Å². The minimum absolute atomic E-state index is 0.00673. The molecule has 168 valence electrons. The van der Waals surface area contributed by atoms with Gasteiger partial charge in [-0.3, -0.25) is 4.79 Å². The van der Waals surface area contributed by atoms with E-state index in [9.17, 15) is 18.0 Å². The van der Waals surface area contributed by atoms with Crippen LogP contribution in [0.4, 0.5) is 11.4 Å². The van der Waals surface area contributed by atoms with Crippen LogP contribution >= 0.6 is 0 Å². The first-order valence-electron chi connectivity index (χ1n) is 10.2. The fourth-order valence-electron chi connectivity index (χ4n) is 3.33. The maximum atomic E-state index is 12.3. The molecular formula is C23H25N3O5S. The number of anilines is 2. The van der Waals surface area contributed by atoms with E-state index in [4.69, 9.17) is 11.2 Å². The lowest BCUT2D eigenvalue weighted by molar-refractivity contribution is -0.119. The predicted octanol–water partition coefficient (Wildman–Crippen LogP) is 2.38. The van der Waals surface area contributed by atoms with Crippen molar-refractivity contribution in [1.29, 1.82) is 0 Å². The number of terminal acetylenes is 1. The van der Waals surface area contributed by atoms with Gasteiger partial charge in [0.25, 0.3) is 5.91 Å². The number of ether oxygens (including phenoxy) is 1. The number of carbonyl (C=O) groups is 2. The fourth-order valence-corrected chi connectivity index (χ4v) is 4.31. The molecule has 9 heteroatoms. The fraction of sp³-hybridized carbons (Fsp3) is 0.304. The molecule has 2 aromatic rings. The number of nitrogens with zero attached hydrogens (tertiary/aromatic N) is 1. The van der Waals surface area contributed by atoms with Crippen molar-refractivity contribution in [2.75, 3.05) is 36.5 Å². The van der Waals surface area contributed by atoms with Crippen molar-refractivity contribution in [3.63, 3.8) is 0 Å². The van der Waals surface area contributed by atoms with Crippen LogP contribution in [0.2, 0.25) is 0 Å². The summed E-state index contributed by atoms with van der Waals surface area (Å²) in [5, 5.41) is 2.68. The molecule has 1 aliphatic rings. The smallest absolute Gasteiger partial charge is 0.338 e. The molecule has 0 aliphatic carbocycles. The minimum atomic E-state index is -3.85. The first kappa shape index (κ1) is 23.3. The summed E-state index contributed by atoms with van der Waals surface area (Å²) in [4.78, 5) is 26.6.